The van der Waals surface area contributed by atoms with Crippen LogP contribution in [0, 0.1) is 18.7 Å². The fraction of sp³-hybridized carbons (Fsp3) is 0.310. The summed E-state index contributed by atoms with van der Waals surface area (Å²) in [4.78, 5) is 14.4. The number of halogens is 1. The van der Waals surface area contributed by atoms with Gasteiger partial charge >= 0.3 is 0 Å². The molecule has 1 aliphatic carbocycles. The fourth-order valence-electron chi connectivity index (χ4n) is 6.25. The summed E-state index contributed by atoms with van der Waals surface area (Å²) in [6.07, 6.45) is 3.77. The molecule has 4 aromatic rings. The zero-order valence-corrected chi connectivity index (χ0v) is 19.9. The molecule has 3 atom stereocenters. The Morgan fingerprint density at radius 3 is 2.63 bits per heavy atom. The lowest BCUT2D eigenvalue weighted by molar-refractivity contribution is -0.128. The van der Waals surface area contributed by atoms with E-state index in [-0.39, 0.29) is 23.2 Å². The van der Waals surface area contributed by atoms with Crippen molar-refractivity contribution >= 4 is 16.8 Å². The molecule has 0 spiro atoms. The number of aromatic nitrogens is 2. The number of hydrogen-bond acceptors (Lipinski definition) is 3. The quantitative estimate of drug-likeness (QED) is 0.400. The number of nitrogens with zero attached hydrogens (tertiary/aromatic N) is 3. The van der Waals surface area contributed by atoms with Crippen molar-refractivity contribution in [1.82, 2.24) is 14.7 Å². The van der Waals surface area contributed by atoms with Crippen LogP contribution in [-0.2, 0) is 10.2 Å². The third-order valence-corrected chi connectivity index (χ3v) is 7.85. The van der Waals surface area contributed by atoms with Crippen LogP contribution in [0.4, 0.5) is 4.39 Å². The van der Waals surface area contributed by atoms with Crippen molar-refractivity contribution in [2.24, 2.45) is 5.92 Å². The molecule has 6 heteroatoms. The van der Waals surface area contributed by atoms with Gasteiger partial charge in [0.25, 0.3) is 0 Å². The van der Waals surface area contributed by atoms with Gasteiger partial charge in [0, 0.05) is 30.8 Å². The minimum atomic E-state index is -0.265. The van der Waals surface area contributed by atoms with E-state index in [1.807, 2.05) is 46.1 Å². The van der Waals surface area contributed by atoms with Crippen molar-refractivity contribution < 1.29 is 13.9 Å². The fourth-order valence-corrected chi connectivity index (χ4v) is 6.25. The highest BCUT2D eigenvalue weighted by molar-refractivity contribution is 5.83. The lowest BCUT2D eigenvalue weighted by Crippen LogP contribution is -2.35. The van der Waals surface area contributed by atoms with Gasteiger partial charge in [-0.1, -0.05) is 18.2 Å². The molecular weight excluding hydrogens is 441 g/mol. The number of hydrogen-bond donors (Lipinski definition) is 0. The van der Waals surface area contributed by atoms with Crippen LogP contribution < -0.4 is 4.74 Å². The Kier molecular flexibility index (Phi) is 5.13. The average Bonchev–Trinajstić information content (AvgIpc) is 3.50. The number of carbonyl (C=O) groups excluding carboxylic acids is 1. The molecule has 178 valence electrons. The van der Waals surface area contributed by atoms with Gasteiger partial charge in [-0.2, -0.15) is 5.10 Å². The highest BCUT2D eigenvalue weighted by Gasteiger charge is 2.55. The third-order valence-electron chi connectivity index (χ3n) is 7.85. The van der Waals surface area contributed by atoms with Crippen molar-refractivity contribution in [1.29, 1.82) is 0 Å². The monoisotopic (exact) mass is 469 g/mol. The molecule has 1 saturated carbocycles. The maximum absolute atomic E-state index is 13.4. The Bertz CT molecular complexity index is 1400. The number of rotatable bonds is 4. The Morgan fingerprint density at radius 1 is 1.11 bits per heavy atom. The number of amides is 1. The van der Waals surface area contributed by atoms with Gasteiger partial charge in [0.2, 0.25) is 5.91 Å². The second-order valence-corrected chi connectivity index (χ2v) is 10.0. The first-order valence-electron chi connectivity index (χ1n) is 12.1. The van der Waals surface area contributed by atoms with Crippen LogP contribution in [0.5, 0.6) is 5.75 Å². The SMILES string of the molecule is CC(=O)N1CC2CC(Oc3ccccc3)CC2(c2cc3cnn(-c4ccc(F)cc4)c3cc2C)C1. The molecule has 3 unspecified atom stereocenters. The molecule has 1 aliphatic heterocycles. The average molecular weight is 470 g/mol. The minimum Gasteiger partial charge on any atom is -0.490 e. The lowest BCUT2D eigenvalue weighted by atomic mass is 9.72. The molecule has 2 fully saturated rings. The van der Waals surface area contributed by atoms with Crippen molar-refractivity contribution in [3.05, 3.63) is 89.9 Å². The summed E-state index contributed by atoms with van der Waals surface area (Å²) in [6.45, 7) is 5.27. The third kappa shape index (κ3) is 3.68. The van der Waals surface area contributed by atoms with E-state index in [1.165, 1.54) is 23.3 Å². The zero-order valence-electron chi connectivity index (χ0n) is 19.9. The van der Waals surface area contributed by atoms with Gasteiger partial charge in [0.15, 0.2) is 0 Å². The van der Waals surface area contributed by atoms with Crippen molar-refractivity contribution in [3.8, 4) is 11.4 Å². The van der Waals surface area contributed by atoms with Gasteiger partial charge in [-0.05, 0) is 85.3 Å². The molecule has 0 radical (unpaired) electrons. The van der Waals surface area contributed by atoms with Crippen LogP contribution in [0.2, 0.25) is 0 Å². The van der Waals surface area contributed by atoms with Gasteiger partial charge in [-0.25, -0.2) is 9.07 Å². The number of para-hydroxylation sites is 1. The molecule has 35 heavy (non-hydrogen) atoms. The highest BCUT2D eigenvalue weighted by atomic mass is 19.1. The Hall–Kier alpha value is -3.67. The van der Waals surface area contributed by atoms with Gasteiger partial charge in [-0.15, -0.1) is 0 Å². The molecule has 0 bridgehead atoms. The Balaban J connectivity index is 1.40. The predicted octanol–water partition coefficient (Wildman–Crippen LogP) is 5.43. The molecule has 1 amide bonds. The van der Waals surface area contributed by atoms with Crippen LogP contribution >= 0.6 is 0 Å². The number of benzene rings is 3. The molecule has 3 aromatic carbocycles. The summed E-state index contributed by atoms with van der Waals surface area (Å²) in [7, 11) is 0. The standard InChI is InChI=1S/C29H28FN3O2/c1-19-12-28-21(16-31-33(28)24-10-8-23(30)9-11-24)13-27(19)29-15-26(35-25-6-4-3-5-7-25)14-22(29)17-32(18-29)20(2)34/h3-13,16,22,26H,14-15,17-18H2,1-2H3. The summed E-state index contributed by atoms with van der Waals surface area (Å²) in [5.41, 5.74) is 4.11. The molecule has 2 aliphatic rings. The van der Waals surface area contributed by atoms with E-state index in [0.717, 1.165) is 41.7 Å². The molecule has 5 nitrogen and oxygen atoms in total. The van der Waals surface area contributed by atoms with Crippen molar-refractivity contribution in [2.75, 3.05) is 13.1 Å². The summed E-state index contributed by atoms with van der Waals surface area (Å²) < 4.78 is 21.7. The van der Waals surface area contributed by atoms with Gasteiger partial charge in [-0.3, -0.25) is 4.79 Å². The van der Waals surface area contributed by atoms with Gasteiger partial charge in [0.1, 0.15) is 11.6 Å². The van der Waals surface area contributed by atoms with Crippen LogP contribution in [-0.4, -0.2) is 39.8 Å². The van der Waals surface area contributed by atoms with E-state index in [0.29, 0.717) is 12.5 Å². The number of ether oxygens (including phenoxy) is 1. The van der Waals surface area contributed by atoms with E-state index in [1.54, 1.807) is 19.1 Å². The molecular formula is C29H28FN3O2. The first kappa shape index (κ1) is 21.8. The topological polar surface area (TPSA) is 47.4 Å². The van der Waals surface area contributed by atoms with Crippen LogP contribution in [0.15, 0.2) is 72.9 Å². The summed E-state index contributed by atoms with van der Waals surface area (Å²) in [5.74, 6) is 1.09. The van der Waals surface area contributed by atoms with E-state index >= 15 is 0 Å². The lowest BCUT2D eigenvalue weighted by Gasteiger charge is -2.31. The van der Waals surface area contributed by atoms with E-state index < -0.39 is 0 Å². The summed E-state index contributed by atoms with van der Waals surface area (Å²) in [5, 5.41) is 5.64. The Morgan fingerprint density at radius 2 is 1.89 bits per heavy atom. The Labute approximate surface area is 204 Å². The predicted molar refractivity (Wildman–Crippen MR) is 133 cm³/mol. The number of fused-ring (bicyclic) bond motifs is 2. The van der Waals surface area contributed by atoms with Crippen LogP contribution in [0.3, 0.4) is 0 Å². The maximum atomic E-state index is 13.4. The molecule has 2 heterocycles. The first-order valence-corrected chi connectivity index (χ1v) is 12.1. The largest absolute Gasteiger partial charge is 0.490 e. The van der Waals surface area contributed by atoms with E-state index in [9.17, 15) is 9.18 Å². The second kappa shape index (κ2) is 8.22. The van der Waals surface area contributed by atoms with Crippen LogP contribution in [0.25, 0.3) is 16.6 Å². The number of carbonyl (C=O) groups is 1. The molecule has 1 aromatic heterocycles. The molecule has 6 rings (SSSR count). The van der Waals surface area contributed by atoms with Crippen LogP contribution in [0.1, 0.15) is 30.9 Å². The summed E-state index contributed by atoms with van der Waals surface area (Å²) in [6, 6.07) is 20.8. The molecule has 1 saturated heterocycles. The second-order valence-electron chi connectivity index (χ2n) is 10.0. The van der Waals surface area contributed by atoms with Gasteiger partial charge in [0.05, 0.1) is 23.5 Å². The normalized spacial score (nSPS) is 23.6. The van der Waals surface area contributed by atoms with Crippen molar-refractivity contribution in [3.63, 3.8) is 0 Å². The maximum Gasteiger partial charge on any atom is 0.219 e. The summed E-state index contributed by atoms with van der Waals surface area (Å²) >= 11 is 0. The number of aryl methyl sites for hydroxylation is 1. The zero-order chi connectivity index (χ0) is 24.2. The highest BCUT2D eigenvalue weighted by Crippen LogP contribution is 2.52. The van der Waals surface area contributed by atoms with Gasteiger partial charge < -0.3 is 9.64 Å². The minimum absolute atomic E-state index is 0.105. The van der Waals surface area contributed by atoms with Crippen molar-refractivity contribution in [2.45, 2.75) is 38.2 Å². The molecule has 0 N–H and O–H groups in total. The smallest absolute Gasteiger partial charge is 0.219 e. The number of likely N-dealkylation sites (tertiary alicyclic amines) is 1. The van der Waals surface area contributed by atoms with E-state index in [4.69, 9.17) is 4.74 Å². The first-order chi connectivity index (χ1) is 16.9. The van der Waals surface area contributed by atoms with E-state index in [2.05, 4.69) is 24.2 Å².